The van der Waals surface area contributed by atoms with Gasteiger partial charge in [-0.2, -0.15) is 9.59 Å². The molecule has 12 atom stereocenters. The first-order valence-electron chi connectivity index (χ1n) is 23.5. The smallest absolute Gasteiger partial charge is 0.362 e. The fourth-order valence-electron chi connectivity index (χ4n) is 11.4. The molecule has 4 aliphatic carbocycles. The molecule has 10 rings (SSSR count). The molecule has 4 spiro atoms. The largest absolute Gasteiger partial charge is 0.373 e. The summed E-state index contributed by atoms with van der Waals surface area (Å²) >= 11 is 0. The van der Waals surface area contributed by atoms with E-state index in [1.807, 2.05) is 0 Å². The third-order valence-corrected chi connectivity index (χ3v) is 14.9. The van der Waals surface area contributed by atoms with E-state index in [0.29, 0.717) is 13.2 Å². The minimum Gasteiger partial charge on any atom is -0.362 e. The second kappa shape index (κ2) is 19.0. The fourth-order valence-corrected chi connectivity index (χ4v) is 11.4. The molecule has 0 aromatic carbocycles. The number of hydrogen-bond donors (Lipinski definition) is 0. The standard InChI is InChI=1S/C24H38O5.C21H32O6.CO2/c1-3-4-11-18-21(26-18)22-20(28-24(29-22)14-9-6-10-15-24)17(2)19-16-25-23(27-19)12-7-5-8-13-23;1-14(16-13-23-20(25-16)8-4-2-5-9-20)17-19(18-15(12-22)24-18)27-21(26-17)10-6-3-7-11-21;2-1-3/h4,11,17-22H,3,5-10,12-16H2,1-2H3;12,14-19H,2-11,13H2,1H3;/b11-4+;;/t17-,18+,19+,20+,21-,22+;14-,15+,16+,17+,18-,19+;/m00./s1. The van der Waals surface area contributed by atoms with Gasteiger partial charge in [0.1, 0.15) is 36.6 Å². The van der Waals surface area contributed by atoms with Gasteiger partial charge in [0.15, 0.2) is 29.4 Å². The lowest BCUT2D eigenvalue weighted by Gasteiger charge is -2.34. The minimum atomic E-state index is -0.497. The van der Waals surface area contributed by atoms with Gasteiger partial charge in [-0.25, -0.2) is 0 Å². The molecular formula is C46H70O13. The lowest BCUT2D eigenvalue weighted by atomic mass is 9.91. The Hall–Kier alpha value is -1.61. The number of carbonyl (C=O) groups excluding carboxylic acids is 3. The van der Waals surface area contributed by atoms with Crippen molar-refractivity contribution in [3.8, 4) is 0 Å². The molecule has 0 aromatic rings. The highest BCUT2D eigenvalue weighted by atomic mass is 16.8. The van der Waals surface area contributed by atoms with Gasteiger partial charge < -0.3 is 52.2 Å². The molecule has 13 heteroatoms. The molecule has 0 bridgehead atoms. The van der Waals surface area contributed by atoms with Crippen LogP contribution in [0.2, 0.25) is 0 Å². The Kier molecular flexibility index (Phi) is 14.2. The highest BCUT2D eigenvalue weighted by Crippen LogP contribution is 2.51. The monoisotopic (exact) mass is 830 g/mol. The number of aldehydes is 1. The number of allylic oxidation sites excluding steroid dienone is 1. The van der Waals surface area contributed by atoms with E-state index in [9.17, 15) is 4.79 Å². The Morgan fingerprint density at radius 2 is 0.898 bits per heavy atom. The number of rotatable bonds is 9. The Balaban J connectivity index is 0.000000154. The summed E-state index contributed by atoms with van der Waals surface area (Å²) in [6.07, 6.45) is 28.4. The summed E-state index contributed by atoms with van der Waals surface area (Å²) in [6.45, 7) is 7.88. The van der Waals surface area contributed by atoms with E-state index in [4.69, 9.17) is 57.0 Å². The molecule has 10 aliphatic rings. The van der Waals surface area contributed by atoms with Crippen LogP contribution in [-0.4, -0.2) is 110 Å². The summed E-state index contributed by atoms with van der Waals surface area (Å²) in [7, 11) is 0. The molecule has 0 unspecified atom stereocenters. The molecule has 6 heterocycles. The van der Waals surface area contributed by atoms with Crippen LogP contribution in [0.5, 0.6) is 0 Å². The first-order valence-corrected chi connectivity index (χ1v) is 23.5. The number of ether oxygens (including phenoxy) is 10. The molecule has 0 aromatic heterocycles. The summed E-state index contributed by atoms with van der Waals surface area (Å²) in [6, 6.07) is 0. The van der Waals surface area contributed by atoms with Crippen molar-refractivity contribution in [2.24, 2.45) is 11.8 Å². The summed E-state index contributed by atoms with van der Waals surface area (Å²) in [5, 5.41) is 0. The van der Waals surface area contributed by atoms with E-state index >= 15 is 0 Å². The van der Waals surface area contributed by atoms with E-state index in [2.05, 4.69) is 32.9 Å². The van der Waals surface area contributed by atoms with Crippen LogP contribution >= 0.6 is 0 Å². The van der Waals surface area contributed by atoms with Gasteiger partial charge in [-0.1, -0.05) is 58.6 Å². The third-order valence-electron chi connectivity index (χ3n) is 14.9. The van der Waals surface area contributed by atoms with E-state index in [-0.39, 0.29) is 90.6 Å². The van der Waals surface area contributed by atoms with Gasteiger partial charge in [0.25, 0.3) is 0 Å². The number of hydrogen-bond acceptors (Lipinski definition) is 13. The maximum atomic E-state index is 11.2. The number of carbonyl (C=O) groups is 1. The highest BCUT2D eigenvalue weighted by Gasteiger charge is 2.62. The summed E-state index contributed by atoms with van der Waals surface area (Å²) in [5.41, 5.74) is 0. The first kappa shape index (κ1) is 44.0. The molecule has 59 heavy (non-hydrogen) atoms. The topological polar surface area (TPSA) is 150 Å². The van der Waals surface area contributed by atoms with Crippen LogP contribution in [0.3, 0.4) is 0 Å². The zero-order valence-corrected chi connectivity index (χ0v) is 35.7. The maximum absolute atomic E-state index is 11.2. The lowest BCUT2D eigenvalue weighted by Crippen LogP contribution is -2.42. The van der Waals surface area contributed by atoms with E-state index in [1.165, 1.54) is 64.2 Å². The molecule has 4 saturated carbocycles. The average Bonchev–Trinajstić information content (AvgIpc) is 4.03. The Labute approximate surface area is 350 Å². The van der Waals surface area contributed by atoms with Gasteiger partial charge in [0, 0.05) is 63.2 Å². The Morgan fingerprint density at radius 1 is 0.525 bits per heavy atom. The van der Waals surface area contributed by atoms with Gasteiger partial charge in [0.2, 0.25) is 0 Å². The van der Waals surface area contributed by atoms with Crippen LogP contribution in [0.25, 0.3) is 0 Å². The predicted molar refractivity (Wildman–Crippen MR) is 211 cm³/mol. The van der Waals surface area contributed by atoms with E-state index < -0.39 is 11.6 Å². The van der Waals surface area contributed by atoms with Crippen LogP contribution in [0.15, 0.2) is 12.2 Å². The van der Waals surface area contributed by atoms with Crippen molar-refractivity contribution >= 4 is 12.4 Å². The zero-order chi connectivity index (χ0) is 41.1. The Bertz CT molecular complexity index is 1440. The van der Waals surface area contributed by atoms with E-state index in [1.54, 1.807) is 0 Å². The van der Waals surface area contributed by atoms with Gasteiger partial charge in [-0.3, -0.25) is 0 Å². The molecular weight excluding hydrogens is 760 g/mol. The van der Waals surface area contributed by atoms with Crippen molar-refractivity contribution in [3.05, 3.63) is 12.2 Å². The summed E-state index contributed by atoms with van der Waals surface area (Å²) in [5.74, 6) is -1.26. The van der Waals surface area contributed by atoms with Gasteiger partial charge in [-0.15, -0.1) is 0 Å². The van der Waals surface area contributed by atoms with Gasteiger partial charge in [0.05, 0.1) is 37.6 Å². The van der Waals surface area contributed by atoms with Crippen molar-refractivity contribution < 1.29 is 61.8 Å². The average molecular weight is 831 g/mol. The van der Waals surface area contributed by atoms with Crippen molar-refractivity contribution in [1.82, 2.24) is 0 Å². The van der Waals surface area contributed by atoms with Gasteiger partial charge >= 0.3 is 6.15 Å². The normalized spacial score (nSPS) is 40.9. The molecule has 6 saturated heterocycles. The van der Waals surface area contributed by atoms with Crippen LogP contribution < -0.4 is 0 Å². The minimum absolute atomic E-state index is 0.00506. The second-order valence-electron chi connectivity index (χ2n) is 19.1. The lowest BCUT2D eigenvalue weighted by molar-refractivity contribution is -0.209. The summed E-state index contributed by atoms with van der Waals surface area (Å²) < 4.78 is 63.5. The van der Waals surface area contributed by atoms with Crippen molar-refractivity contribution in [2.45, 2.75) is 240 Å². The summed E-state index contributed by atoms with van der Waals surface area (Å²) in [4.78, 5) is 27.4. The van der Waals surface area contributed by atoms with Crippen molar-refractivity contribution in [3.63, 3.8) is 0 Å². The predicted octanol–water partition coefficient (Wildman–Crippen LogP) is 7.40. The molecule has 13 nitrogen and oxygen atoms in total. The Morgan fingerprint density at radius 3 is 1.27 bits per heavy atom. The maximum Gasteiger partial charge on any atom is 0.373 e. The zero-order valence-electron chi connectivity index (χ0n) is 35.7. The van der Waals surface area contributed by atoms with Crippen LogP contribution in [0.4, 0.5) is 0 Å². The van der Waals surface area contributed by atoms with Crippen LogP contribution in [0.1, 0.15) is 156 Å². The molecule has 0 N–H and O–H groups in total. The molecule has 332 valence electrons. The molecule has 6 aliphatic heterocycles. The molecule has 10 fully saturated rings. The fraction of sp³-hybridized carbons (Fsp3) is 0.913. The molecule has 0 radical (unpaired) electrons. The second-order valence-corrected chi connectivity index (χ2v) is 19.1. The number of epoxide rings is 2. The quantitative estimate of drug-likeness (QED) is 0.129. The van der Waals surface area contributed by atoms with E-state index in [0.717, 1.165) is 76.9 Å². The highest BCUT2D eigenvalue weighted by molar-refractivity contribution is 5.61. The van der Waals surface area contributed by atoms with Crippen LogP contribution in [0, 0.1) is 11.8 Å². The van der Waals surface area contributed by atoms with Gasteiger partial charge in [-0.05, 0) is 57.8 Å². The first-order chi connectivity index (χ1) is 28.7. The SMILES string of the molecule is CC/C=C/[C@H]1O[C@@H]1[C@@H]1OC2(CCCCC2)O[C@@H]1[C@@H](C)[C@H]1COC2(CCCCC2)O1.C[C@H]([C@H]1OC2(CCCCC2)O[C@H]1[C@H]1O[C@@H]1C=O)[C@H]1COC2(CCCCC2)O1.O=C=O. The van der Waals surface area contributed by atoms with Crippen molar-refractivity contribution in [1.29, 1.82) is 0 Å². The molecule has 0 amide bonds. The van der Waals surface area contributed by atoms with Crippen LogP contribution in [-0.2, 0) is 61.8 Å². The third kappa shape index (κ3) is 9.81. The van der Waals surface area contributed by atoms with Crippen molar-refractivity contribution in [2.75, 3.05) is 13.2 Å².